The van der Waals surface area contributed by atoms with E-state index in [0.29, 0.717) is 12.0 Å². The highest BCUT2D eigenvalue weighted by molar-refractivity contribution is 6.31. The molecule has 0 radical (unpaired) electrons. The highest BCUT2D eigenvalue weighted by atomic mass is 35.5. The molecule has 104 valence electrons. The van der Waals surface area contributed by atoms with Gasteiger partial charge in [0.2, 0.25) is 0 Å². The van der Waals surface area contributed by atoms with Crippen molar-refractivity contribution < 1.29 is 0 Å². The van der Waals surface area contributed by atoms with Crippen LogP contribution in [-0.2, 0) is 13.0 Å². The van der Waals surface area contributed by atoms with E-state index in [-0.39, 0.29) is 0 Å². The van der Waals surface area contributed by atoms with E-state index in [9.17, 15) is 0 Å². The summed E-state index contributed by atoms with van der Waals surface area (Å²) >= 11 is 6.37. The third kappa shape index (κ3) is 3.27. The quantitative estimate of drug-likeness (QED) is 0.823. The molecule has 0 fully saturated rings. The first-order chi connectivity index (χ1) is 8.58. The van der Waals surface area contributed by atoms with Crippen LogP contribution >= 0.6 is 11.6 Å². The first kappa shape index (κ1) is 15.5. The number of aromatic nitrogens is 2. The number of aryl methyl sites for hydroxylation is 2. The lowest BCUT2D eigenvalue weighted by atomic mass is 9.91. The zero-order valence-corrected chi connectivity index (χ0v) is 13.0. The van der Waals surface area contributed by atoms with E-state index in [4.69, 9.17) is 11.6 Å². The van der Waals surface area contributed by atoms with Gasteiger partial charge < -0.3 is 5.32 Å². The molecular weight excluding hydrogens is 246 g/mol. The maximum absolute atomic E-state index is 6.37. The summed E-state index contributed by atoms with van der Waals surface area (Å²) in [7, 11) is 2.04. The summed E-state index contributed by atoms with van der Waals surface area (Å²) in [5, 5.41) is 8.76. The standard InChI is InChI=1S/C14H26ClN3/c1-6-11(7-2)12(16-5)9-13-14(15)10(4)17-18(13)8-3/h11-12,16H,6-9H2,1-5H3. The summed E-state index contributed by atoms with van der Waals surface area (Å²) in [6.45, 7) is 9.47. The zero-order valence-electron chi connectivity index (χ0n) is 12.3. The SMILES string of the molecule is CCC(CC)C(Cc1c(Cl)c(C)nn1CC)NC. The van der Waals surface area contributed by atoms with Crippen molar-refractivity contribution in [3.63, 3.8) is 0 Å². The second kappa shape index (κ2) is 7.15. The summed E-state index contributed by atoms with van der Waals surface area (Å²) in [6.07, 6.45) is 3.34. The lowest BCUT2D eigenvalue weighted by Crippen LogP contribution is -2.35. The number of nitrogens with one attached hydrogen (secondary N) is 1. The highest BCUT2D eigenvalue weighted by Crippen LogP contribution is 2.24. The maximum atomic E-state index is 6.37. The van der Waals surface area contributed by atoms with E-state index in [0.717, 1.165) is 23.7 Å². The predicted octanol–water partition coefficient (Wildman–Crippen LogP) is 3.43. The lowest BCUT2D eigenvalue weighted by molar-refractivity contribution is 0.343. The van der Waals surface area contributed by atoms with Crippen LogP contribution in [0.15, 0.2) is 0 Å². The monoisotopic (exact) mass is 271 g/mol. The van der Waals surface area contributed by atoms with Crippen molar-refractivity contribution in [1.29, 1.82) is 0 Å². The molecule has 0 spiro atoms. The molecule has 1 atom stereocenters. The Morgan fingerprint density at radius 2 is 1.89 bits per heavy atom. The van der Waals surface area contributed by atoms with Crippen molar-refractivity contribution in [3.8, 4) is 0 Å². The topological polar surface area (TPSA) is 29.9 Å². The van der Waals surface area contributed by atoms with Crippen LogP contribution in [0.3, 0.4) is 0 Å². The van der Waals surface area contributed by atoms with Crippen molar-refractivity contribution in [2.75, 3.05) is 7.05 Å². The van der Waals surface area contributed by atoms with Gasteiger partial charge in [0.1, 0.15) is 0 Å². The number of rotatable bonds is 7. The average Bonchev–Trinajstić information content (AvgIpc) is 2.66. The number of hydrogen-bond acceptors (Lipinski definition) is 2. The van der Waals surface area contributed by atoms with Crippen LogP contribution in [0.5, 0.6) is 0 Å². The van der Waals surface area contributed by atoms with Gasteiger partial charge in [-0.15, -0.1) is 0 Å². The third-order valence-electron chi connectivity index (χ3n) is 3.85. The van der Waals surface area contributed by atoms with Crippen LogP contribution in [0.4, 0.5) is 0 Å². The van der Waals surface area contributed by atoms with Gasteiger partial charge in [0.15, 0.2) is 0 Å². The van der Waals surface area contributed by atoms with Gasteiger partial charge in [-0.1, -0.05) is 38.3 Å². The molecule has 1 aromatic heterocycles. The molecule has 3 nitrogen and oxygen atoms in total. The summed E-state index contributed by atoms with van der Waals surface area (Å²) in [4.78, 5) is 0. The van der Waals surface area contributed by atoms with Gasteiger partial charge in [-0.2, -0.15) is 5.10 Å². The van der Waals surface area contributed by atoms with Crippen molar-refractivity contribution in [3.05, 3.63) is 16.4 Å². The highest BCUT2D eigenvalue weighted by Gasteiger charge is 2.21. The molecule has 0 aliphatic heterocycles. The fourth-order valence-corrected chi connectivity index (χ4v) is 2.85. The van der Waals surface area contributed by atoms with E-state index in [1.54, 1.807) is 0 Å². The molecule has 0 saturated heterocycles. The Morgan fingerprint density at radius 3 is 2.33 bits per heavy atom. The van der Waals surface area contributed by atoms with E-state index in [1.165, 1.54) is 18.5 Å². The molecule has 1 aromatic rings. The van der Waals surface area contributed by atoms with Crippen molar-refractivity contribution in [1.82, 2.24) is 15.1 Å². The molecule has 1 heterocycles. The summed E-state index contributed by atoms with van der Waals surface area (Å²) < 4.78 is 2.03. The van der Waals surface area contributed by atoms with Crippen molar-refractivity contribution in [2.45, 2.75) is 59.5 Å². The third-order valence-corrected chi connectivity index (χ3v) is 4.35. The molecule has 18 heavy (non-hydrogen) atoms. The Balaban J connectivity index is 2.93. The van der Waals surface area contributed by atoms with Crippen molar-refractivity contribution >= 4 is 11.6 Å². The smallest absolute Gasteiger partial charge is 0.0847 e. The Hall–Kier alpha value is -0.540. The van der Waals surface area contributed by atoms with Crippen LogP contribution < -0.4 is 5.32 Å². The average molecular weight is 272 g/mol. The van der Waals surface area contributed by atoms with Crippen LogP contribution in [0, 0.1) is 12.8 Å². The molecule has 0 aliphatic rings. The van der Waals surface area contributed by atoms with Gasteiger partial charge in [0.05, 0.1) is 16.4 Å². The molecule has 0 bridgehead atoms. The predicted molar refractivity (Wildman–Crippen MR) is 78.3 cm³/mol. The van der Waals surface area contributed by atoms with Crippen molar-refractivity contribution in [2.24, 2.45) is 5.92 Å². The summed E-state index contributed by atoms with van der Waals surface area (Å²) in [5.41, 5.74) is 2.11. The minimum absolute atomic E-state index is 0.471. The number of hydrogen-bond donors (Lipinski definition) is 1. The molecule has 1 rings (SSSR count). The number of likely N-dealkylation sites (N-methyl/N-ethyl adjacent to an activating group) is 1. The Morgan fingerprint density at radius 1 is 1.28 bits per heavy atom. The molecule has 1 N–H and O–H groups in total. The fraction of sp³-hybridized carbons (Fsp3) is 0.786. The van der Waals surface area contributed by atoms with Gasteiger partial charge in [-0.05, 0) is 26.8 Å². The Kier molecular flexibility index (Phi) is 6.16. The van der Waals surface area contributed by atoms with Crippen LogP contribution in [0.1, 0.15) is 45.0 Å². The Bertz CT molecular complexity index is 369. The second-order valence-corrected chi connectivity index (χ2v) is 5.22. The van der Waals surface area contributed by atoms with E-state index in [2.05, 4.69) is 31.2 Å². The molecule has 1 unspecified atom stereocenters. The fourth-order valence-electron chi connectivity index (χ4n) is 2.63. The van der Waals surface area contributed by atoms with Gasteiger partial charge >= 0.3 is 0 Å². The minimum Gasteiger partial charge on any atom is -0.316 e. The molecular formula is C14H26ClN3. The van der Waals surface area contributed by atoms with Crippen LogP contribution in [0.25, 0.3) is 0 Å². The number of halogens is 1. The first-order valence-corrected chi connectivity index (χ1v) is 7.35. The Labute approximate surface area is 116 Å². The van der Waals surface area contributed by atoms with Gasteiger partial charge in [-0.25, -0.2) is 0 Å². The molecule has 0 saturated carbocycles. The van der Waals surface area contributed by atoms with Gasteiger partial charge in [-0.3, -0.25) is 4.68 Å². The van der Waals surface area contributed by atoms with Crippen LogP contribution in [0.2, 0.25) is 5.02 Å². The summed E-state index contributed by atoms with van der Waals surface area (Å²) in [5.74, 6) is 0.687. The molecule has 4 heteroatoms. The minimum atomic E-state index is 0.471. The van der Waals surface area contributed by atoms with Gasteiger partial charge in [0.25, 0.3) is 0 Å². The largest absolute Gasteiger partial charge is 0.316 e. The number of nitrogens with zero attached hydrogens (tertiary/aromatic N) is 2. The first-order valence-electron chi connectivity index (χ1n) is 6.97. The normalized spacial score (nSPS) is 13.3. The zero-order chi connectivity index (χ0) is 13.7. The molecule has 0 amide bonds. The molecule has 0 aliphatic carbocycles. The lowest BCUT2D eigenvalue weighted by Gasteiger charge is -2.25. The second-order valence-electron chi connectivity index (χ2n) is 4.84. The summed E-state index contributed by atoms with van der Waals surface area (Å²) in [6, 6.07) is 0.471. The maximum Gasteiger partial charge on any atom is 0.0847 e. The van der Waals surface area contributed by atoms with E-state index >= 15 is 0 Å². The molecule has 0 aromatic carbocycles. The van der Waals surface area contributed by atoms with E-state index in [1.807, 2.05) is 18.7 Å². The van der Waals surface area contributed by atoms with Gasteiger partial charge in [0, 0.05) is 19.0 Å². The van der Waals surface area contributed by atoms with Crippen LogP contribution in [-0.4, -0.2) is 22.9 Å². The van der Waals surface area contributed by atoms with E-state index < -0.39 is 0 Å².